The first-order chi connectivity index (χ1) is 8.85. The number of hydrogen-bond donors (Lipinski definition) is 0. The maximum atomic E-state index is 5.52. The molecule has 3 unspecified atom stereocenters. The van der Waals surface area contributed by atoms with Crippen LogP contribution in [0.5, 0.6) is 5.75 Å². The molecule has 18 heavy (non-hydrogen) atoms. The summed E-state index contributed by atoms with van der Waals surface area (Å²) in [7, 11) is 0. The van der Waals surface area contributed by atoms with E-state index in [2.05, 4.69) is 16.0 Å². The van der Waals surface area contributed by atoms with Gasteiger partial charge in [0, 0.05) is 18.8 Å². The number of nitrogens with zero attached hydrogens (tertiary/aromatic N) is 2. The molecular formula is C15H22N2O. The van der Waals surface area contributed by atoms with Gasteiger partial charge in [-0.3, -0.25) is 9.88 Å². The summed E-state index contributed by atoms with van der Waals surface area (Å²) in [6.45, 7) is 5.34. The summed E-state index contributed by atoms with van der Waals surface area (Å²) in [5, 5.41) is 0. The van der Waals surface area contributed by atoms with Crippen molar-refractivity contribution in [1.82, 2.24) is 9.88 Å². The molecule has 3 rings (SSSR count). The molecule has 2 saturated heterocycles. The van der Waals surface area contributed by atoms with Crippen molar-refractivity contribution in [3.8, 4) is 5.75 Å². The summed E-state index contributed by atoms with van der Waals surface area (Å²) in [5.74, 6) is 1.89. The largest absolute Gasteiger partial charge is 0.492 e. The highest BCUT2D eigenvalue weighted by Crippen LogP contribution is 2.32. The fourth-order valence-electron chi connectivity index (χ4n) is 3.36. The molecule has 3 atom stereocenters. The van der Waals surface area contributed by atoms with Crippen molar-refractivity contribution in [3.05, 3.63) is 24.0 Å². The Morgan fingerprint density at radius 1 is 1.33 bits per heavy atom. The number of pyridine rings is 1. The van der Waals surface area contributed by atoms with E-state index in [1.54, 1.807) is 6.20 Å². The van der Waals surface area contributed by atoms with E-state index in [1.165, 1.54) is 37.9 Å². The number of aromatic nitrogens is 1. The molecule has 0 aromatic carbocycles. The molecule has 2 aliphatic rings. The third-order valence-corrected chi connectivity index (χ3v) is 4.29. The van der Waals surface area contributed by atoms with Crippen LogP contribution in [0.15, 0.2) is 18.5 Å². The first kappa shape index (κ1) is 12.0. The summed E-state index contributed by atoms with van der Waals surface area (Å²) in [5.41, 5.74) is 1.32. The summed E-state index contributed by atoms with van der Waals surface area (Å²) in [6.07, 6.45) is 9.10. The van der Waals surface area contributed by atoms with E-state index in [0.717, 1.165) is 24.1 Å². The van der Waals surface area contributed by atoms with Crippen molar-refractivity contribution >= 4 is 0 Å². The van der Waals surface area contributed by atoms with Crippen LogP contribution < -0.4 is 4.74 Å². The predicted octanol–water partition coefficient (Wildman–Crippen LogP) is 2.51. The Balaban J connectivity index is 1.66. The van der Waals surface area contributed by atoms with Gasteiger partial charge in [-0.25, -0.2) is 0 Å². The van der Waals surface area contributed by atoms with Crippen LogP contribution >= 0.6 is 0 Å². The van der Waals surface area contributed by atoms with Gasteiger partial charge < -0.3 is 4.74 Å². The predicted molar refractivity (Wildman–Crippen MR) is 71.8 cm³/mol. The van der Waals surface area contributed by atoms with Crippen LogP contribution in [-0.2, 0) is 6.42 Å². The van der Waals surface area contributed by atoms with Crippen LogP contribution in [0.4, 0.5) is 0 Å². The second-order valence-electron chi connectivity index (χ2n) is 5.55. The van der Waals surface area contributed by atoms with Crippen molar-refractivity contribution < 1.29 is 4.74 Å². The Hall–Kier alpha value is -1.09. The minimum absolute atomic E-state index is 0.711. The van der Waals surface area contributed by atoms with E-state index >= 15 is 0 Å². The van der Waals surface area contributed by atoms with E-state index in [-0.39, 0.29) is 0 Å². The summed E-state index contributed by atoms with van der Waals surface area (Å²) < 4.78 is 5.52. The molecule has 1 aromatic heterocycles. The average Bonchev–Trinajstić information content (AvgIpc) is 2.77. The minimum Gasteiger partial charge on any atom is -0.492 e. The fourth-order valence-corrected chi connectivity index (χ4v) is 3.36. The second kappa shape index (κ2) is 5.27. The maximum Gasteiger partial charge on any atom is 0.137 e. The molecule has 0 N–H and O–H groups in total. The van der Waals surface area contributed by atoms with Gasteiger partial charge in [0.1, 0.15) is 5.75 Å². The topological polar surface area (TPSA) is 25.4 Å². The molecule has 0 saturated carbocycles. The fraction of sp³-hybridized carbons (Fsp3) is 0.667. The molecule has 3 heteroatoms. The molecule has 2 fully saturated rings. The molecule has 0 radical (unpaired) electrons. The smallest absolute Gasteiger partial charge is 0.137 e. The molecule has 3 nitrogen and oxygen atoms in total. The number of hydrogen-bond acceptors (Lipinski definition) is 3. The number of ether oxygens (including phenoxy) is 1. The maximum absolute atomic E-state index is 5.52. The van der Waals surface area contributed by atoms with Gasteiger partial charge in [0.05, 0.1) is 12.8 Å². The molecule has 0 aliphatic carbocycles. The average molecular weight is 246 g/mol. The zero-order valence-electron chi connectivity index (χ0n) is 11.1. The van der Waals surface area contributed by atoms with E-state index in [1.807, 2.05) is 13.1 Å². The van der Waals surface area contributed by atoms with Crippen LogP contribution in [0.25, 0.3) is 0 Å². The van der Waals surface area contributed by atoms with Gasteiger partial charge in [0.2, 0.25) is 0 Å². The van der Waals surface area contributed by atoms with Gasteiger partial charge in [-0.1, -0.05) is 0 Å². The molecule has 0 amide bonds. The highest BCUT2D eigenvalue weighted by atomic mass is 16.5. The van der Waals surface area contributed by atoms with E-state index in [0.29, 0.717) is 6.61 Å². The van der Waals surface area contributed by atoms with Gasteiger partial charge in [0.25, 0.3) is 0 Å². The summed E-state index contributed by atoms with van der Waals surface area (Å²) >= 11 is 0. The van der Waals surface area contributed by atoms with Crippen LogP contribution in [0.3, 0.4) is 0 Å². The van der Waals surface area contributed by atoms with Crippen molar-refractivity contribution in [2.75, 3.05) is 19.7 Å². The summed E-state index contributed by atoms with van der Waals surface area (Å²) in [6, 6.07) is 2.88. The van der Waals surface area contributed by atoms with Crippen molar-refractivity contribution in [3.63, 3.8) is 0 Å². The minimum atomic E-state index is 0.711. The Kier molecular flexibility index (Phi) is 3.50. The van der Waals surface area contributed by atoms with Crippen LogP contribution in [-0.4, -0.2) is 35.6 Å². The van der Waals surface area contributed by atoms with E-state index in [9.17, 15) is 0 Å². The zero-order valence-corrected chi connectivity index (χ0v) is 11.1. The third-order valence-electron chi connectivity index (χ3n) is 4.29. The Morgan fingerprint density at radius 3 is 3.17 bits per heavy atom. The van der Waals surface area contributed by atoms with Gasteiger partial charge in [-0.2, -0.15) is 0 Å². The number of piperidine rings is 1. The van der Waals surface area contributed by atoms with Crippen LogP contribution in [0.1, 0.15) is 31.7 Å². The lowest BCUT2D eigenvalue weighted by atomic mass is 9.93. The normalized spacial score (nSPS) is 30.4. The first-order valence-electron chi connectivity index (χ1n) is 7.16. The number of rotatable bonds is 4. The lowest BCUT2D eigenvalue weighted by Crippen LogP contribution is -2.38. The first-order valence-corrected chi connectivity index (χ1v) is 7.16. The number of fused-ring (bicyclic) bond motifs is 2. The van der Waals surface area contributed by atoms with Gasteiger partial charge in [-0.05, 0) is 56.7 Å². The Morgan fingerprint density at radius 2 is 2.28 bits per heavy atom. The SMILES string of the molecule is CCOc1cncc(CC2CCC3CCN2C3)c1. The van der Waals surface area contributed by atoms with E-state index < -0.39 is 0 Å². The molecule has 98 valence electrons. The highest BCUT2D eigenvalue weighted by molar-refractivity contribution is 5.24. The molecular weight excluding hydrogens is 224 g/mol. The van der Waals surface area contributed by atoms with Gasteiger partial charge in [-0.15, -0.1) is 0 Å². The molecule has 2 bridgehead atoms. The molecule has 2 aliphatic heterocycles. The monoisotopic (exact) mass is 246 g/mol. The van der Waals surface area contributed by atoms with Crippen molar-refractivity contribution in [2.24, 2.45) is 5.92 Å². The second-order valence-corrected chi connectivity index (χ2v) is 5.55. The van der Waals surface area contributed by atoms with Crippen molar-refractivity contribution in [2.45, 2.75) is 38.6 Å². The Bertz CT molecular complexity index is 407. The quantitative estimate of drug-likeness (QED) is 0.816. The lowest BCUT2D eigenvalue weighted by Gasteiger charge is -2.32. The van der Waals surface area contributed by atoms with Crippen LogP contribution in [0, 0.1) is 5.92 Å². The van der Waals surface area contributed by atoms with E-state index in [4.69, 9.17) is 4.74 Å². The van der Waals surface area contributed by atoms with Gasteiger partial charge >= 0.3 is 0 Å². The van der Waals surface area contributed by atoms with Gasteiger partial charge in [0.15, 0.2) is 0 Å². The van der Waals surface area contributed by atoms with Crippen LogP contribution in [0.2, 0.25) is 0 Å². The highest BCUT2D eigenvalue weighted by Gasteiger charge is 2.33. The lowest BCUT2D eigenvalue weighted by molar-refractivity contribution is 0.180. The molecule has 0 spiro atoms. The zero-order chi connectivity index (χ0) is 12.4. The molecule has 3 heterocycles. The molecule has 1 aromatic rings. The van der Waals surface area contributed by atoms with Crippen molar-refractivity contribution in [1.29, 1.82) is 0 Å². The summed E-state index contributed by atoms with van der Waals surface area (Å²) in [4.78, 5) is 6.95. The standard InChI is InChI=1S/C15H22N2O/c1-2-18-15-8-13(9-16-10-15)7-14-4-3-12-5-6-17(14)11-12/h8-10,12,14H,2-7,11H2,1H3. The third kappa shape index (κ3) is 2.51. The Labute approximate surface area is 109 Å².